The minimum absolute atomic E-state index is 1.21. The Balaban J connectivity index is 1.87. The Morgan fingerprint density at radius 2 is 1.73 bits per heavy atom. The molecule has 0 nitrogen and oxygen atoms in total. The molecule has 0 saturated carbocycles. The molecule has 2 aliphatic rings. The van der Waals surface area contributed by atoms with E-state index >= 15 is 0 Å². The van der Waals surface area contributed by atoms with Gasteiger partial charge in [0.1, 0.15) is 0 Å². The van der Waals surface area contributed by atoms with Crippen LogP contribution in [0.4, 0.5) is 0 Å². The summed E-state index contributed by atoms with van der Waals surface area (Å²) in [5, 5.41) is 0. The molecule has 0 spiro atoms. The molecule has 0 aromatic carbocycles. The Labute approximate surface area is 140 Å². The van der Waals surface area contributed by atoms with Gasteiger partial charge in [-0.05, 0) is 0 Å². The predicted octanol–water partition coefficient (Wildman–Crippen LogP) is 6.13. The zero-order chi connectivity index (χ0) is 16.1. The summed E-state index contributed by atoms with van der Waals surface area (Å²) in [4.78, 5) is 0. The van der Waals surface area contributed by atoms with Crippen LogP contribution in [0.1, 0.15) is 64.7 Å². The predicted molar refractivity (Wildman–Crippen MR) is 101 cm³/mol. The van der Waals surface area contributed by atoms with E-state index in [2.05, 4.69) is 53.4 Å². The van der Waals surface area contributed by atoms with Gasteiger partial charge in [0.15, 0.2) is 0 Å². The van der Waals surface area contributed by atoms with Gasteiger partial charge in [0.25, 0.3) is 0 Å². The van der Waals surface area contributed by atoms with Crippen molar-refractivity contribution in [2.75, 3.05) is 0 Å². The standard InChI is InChI=1S/C13H21.C5H5.2CH3.H2Si.Zr/c1-2-3-4-5-6-7-10-13-11-8-9-12-13;1-2-4-5-3-1;;;;/h11-12H,2-8,10H2,1H3;1-3H,4H2;2*1H3;1H2;. The average molecular weight is 394 g/mol. The Hall–Kier alpha value is 0.0600. The molecule has 0 aromatic rings. The molecule has 0 fully saturated rings. The molecular formula is C20H34SiZr. The van der Waals surface area contributed by atoms with Gasteiger partial charge in [-0.3, -0.25) is 0 Å². The molecule has 0 amide bonds. The molecule has 0 bridgehead atoms. The van der Waals surface area contributed by atoms with Crippen LogP contribution in [0.15, 0.2) is 42.5 Å². The fourth-order valence-corrected chi connectivity index (χ4v) is 14.6. The fourth-order valence-electron chi connectivity index (χ4n) is 3.67. The zero-order valence-corrected chi connectivity index (χ0v) is 18.8. The third-order valence-corrected chi connectivity index (χ3v) is 22.9. The molecule has 0 N–H and O–H groups in total. The van der Waals surface area contributed by atoms with Crippen molar-refractivity contribution in [2.24, 2.45) is 0 Å². The topological polar surface area (TPSA) is 0 Å². The van der Waals surface area contributed by atoms with Gasteiger partial charge >= 0.3 is 141 Å². The molecule has 0 aliphatic heterocycles. The number of allylic oxidation sites excluding steroid dienone is 8. The summed E-state index contributed by atoms with van der Waals surface area (Å²) in [6, 6.07) is 0. The van der Waals surface area contributed by atoms with E-state index in [9.17, 15) is 0 Å². The molecule has 2 aliphatic carbocycles. The van der Waals surface area contributed by atoms with Crippen LogP contribution in [0.2, 0.25) is 9.26 Å². The van der Waals surface area contributed by atoms with Crippen LogP contribution in [-0.4, -0.2) is 6.88 Å². The summed E-state index contributed by atoms with van der Waals surface area (Å²) in [7, 11) is 0. The second-order valence-corrected chi connectivity index (χ2v) is 37.1. The minimum atomic E-state index is -2.77. The van der Waals surface area contributed by atoms with E-state index in [1.54, 1.807) is 8.85 Å². The van der Waals surface area contributed by atoms with E-state index < -0.39 is 17.4 Å². The number of rotatable bonds is 9. The van der Waals surface area contributed by atoms with E-state index in [1.165, 1.54) is 57.8 Å². The first-order valence-electron chi connectivity index (χ1n) is 9.26. The van der Waals surface area contributed by atoms with Crippen LogP contribution in [0, 0.1) is 0 Å². The molecule has 2 heteroatoms. The van der Waals surface area contributed by atoms with Crippen molar-refractivity contribution in [3.63, 3.8) is 0 Å². The molecule has 0 unspecified atom stereocenters. The van der Waals surface area contributed by atoms with Gasteiger partial charge < -0.3 is 0 Å². The van der Waals surface area contributed by atoms with Crippen molar-refractivity contribution in [2.45, 2.75) is 74.0 Å². The van der Waals surface area contributed by atoms with Crippen molar-refractivity contribution >= 4 is 6.88 Å². The molecular weight excluding hydrogens is 360 g/mol. The van der Waals surface area contributed by atoms with Gasteiger partial charge in [-0.25, -0.2) is 0 Å². The Morgan fingerprint density at radius 3 is 2.41 bits per heavy atom. The fraction of sp³-hybridized carbons (Fsp3) is 0.600. The SMILES string of the molecule is CCCCCCCCC1=CC[C]([Zr]([CH3])([CH3])(=[SiH2])[C]2=CC=CC2)=C1. The third kappa shape index (κ3) is 4.54. The maximum absolute atomic E-state index is 2.77. The summed E-state index contributed by atoms with van der Waals surface area (Å²) in [6.45, 7) is 4.66. The second kappa shape index (κ2) is 7.75. The van der Waals surface area contributed by atoms with Crippen LogP contribution in [0.3, 0.4) is 0 Å². The van der Waals surface area contributed by atoms with Gasteiger partial charge in [-0.15, -0.1) is 0 Å². The number of hydrogen-bond donors (Lipinski definition) is 0. The molecule has 122 valence electrons. The van der Waals surface area contributed by atoms with Gasteiger partial charge in [-0.2, -0.15) is 0 Å². The summed E-state index contributed by atoms with van der Waals surface area (Å²) < 4.78 is 8.86. The molecule has 0 radical (unpaired) electrons. The van der Waals surface area contributed by atoms with Gasteiger partial charge in [-0.1, -0.05) is 0 Å². The van der Waals surface area contributed by atoms with Crippen LogP contribution in [0.5, 0.6) is 0 Å². The molecule has 0 saturated heterocycles. The molecule has 22 heavy (non-hydrogen) atoms. The van der Waals surface area contributed by atoms with Gasteiger partial charge in [0.2, 0.25) is 0 Å². The van der Waals surface area contributed by atoms with Gasteiger partial charge in [0.05, 0.1) is 0 Å². The molecule has 0 heterocycles. The van der Waals surface area contributed by atoms with Crippen molar-refractivity contribution in [1.82, 2.24) is 0 Å². The van der Waals surface area contributed by atoms with Crippen LogP contribution in [-0.2, 0) is 17.4 Å². The van der Waals surface area contributed by atoms with Crippen molar-refractivity contribution < 1.29 is 17.4 Å². The number of unbranched alkanes of at least 4 members (excludes halogenated alkanes) is 5. The van der Waals surface area contributed by atoms with Crippen molar-refractivity contribution in [1.29, 1.82) is 0 Å². The first kappa shape index (κ1) is 18.4. The van der Waals surface area contributed by atoms with Crippen molar-refractivity contribution in [3.8, 4) is 0 Å². The van der Waals surface area contributed by atoms with E-state index in [1.807, 2.05) is 3.28 Å². The Morgan fingerprint density at radius 1 is 1.00 bits per heavy atom. The average Bonchev–Trinajstić information content (AvgIpc) is 3.13. The first-order valence-corrected chi connectivity index (χ1v) is 22.6. The summed E-state index contributed by atoms with van der Waals surface area (Å²) in [5.41, 5.74) is 1.63. The maximum atomic E-state index is 2.63. The summed E-state index contributed by atoms with van der Waals surface area (Å²) in [5.74, 6) is 0. The third-order valence-electron chi connectivity index (χ3n) is 5.59. The van der Waals surface area contributed by atoms with Crippen LogP contribution < -0.4 is 0 Å². The monoisotopic (exact) mass is 392 g/mol. The second-order valence-electron chi connectivity index (χ2n) is 8.18. The molecule has 2 rings (SSSR count). The van der Waals surface area contributed by atoms with Crippen LogP contribution >= 0.6 is 0 Å². The van der Waals surface area contributed by atoms with E-state index in [0.29, 0.717) is 0 Å². The molecule has 0 aromatic heterocycles. The molecule has 0 atom stereocenters. The van der Waals surface area contributed by atoms with Crippen LogP contribution in [0.25, 0.3) is 0 Å². The Bertz CT molecular complexity index is 581. The van der Waals surface area contributed by atoms with E-state index in [-0.39, 0.29) is 0 Å². The first-order chi connectivity index (χ1) is 10.4. The quantitative estimate of drug-likeness (QED) is 0.326. The van der Waals surface area contributed by atoms with E-state index in [0.717, 1.165) is 0 Å². The van der Waals surface area contributed by atoms with Gasteiger partial charge in [0, 0.05) is 0 Å². The zero-order valence-electron chi connectivity index (χ0n) is 15.0. The normalized spacial score (nSPS) is 18.5. The van der Waals surface area contributed by atoms with E-state index in [4.69, 9.17) is 0 Å². The summed E-state index contributed by atoms with van der Waals surface area (Å²) >= 11 is -2.77. The number of hydrogen-bond acceptors (Lipinski definition) is 0. The Kier molecular flexibility index (Phi) is 6.48. The van der Waals surface area contributed by atoms with Crippen molar-refractivity contribution in [3.05, 3.63) is 42.5 Å². The summed E-state index contributed by atoms with van der Waals surface area (Å²) in [6.07, 6.45) is 24.3.